The third-order valence-corrected chi connectivity index (χ3v) is 4.37. The highest BCUT2D eigenvalue weighted by atomic mass is 32.1. The second kappa shape index (κ2) is 8.65. The number of nitrogens with one attached hydrogen (secondary N) is 1. The van der Waals surface area contributed by atoms with Gasteiger partial charge in [0, 0.05) is 6.42 Å². The molecule has 2 N–H and O–H groups in total. The number of halogens is 3. The van der Waals surface area contributed by atoms with Crippen molar-refractivity contribution in [2.24, 2.45) is 0 Å². The van der Waals surface area contributed by atoms with E-state index in [-0.39, 0.29) is 11.5 Å². The normalized spacial score (nSPS) is 12.0. The zero-order chi connectivity index (χ0) is 19.3. The predicted octanol–water partition coefficient (Wildman–Crippen LogP) is 3.01. The molecule has 0 saturated carbocycles. The number of aromatic nitrogens is 1. The molecule has 26 heavy (non-hydrogen) atoms. The number of benzene rings is 1. The average Bonchev–Trinajstić information content (AvgIpc) is 2.94. The molecule has 0 fully saturated rings. The van der Waals surface area contributed by atoms with E-state index < -0.39 is 36.6 Å². The van der Waals surface area contributed by atoms with Crippen molar-refractivity contribution in [2.45, 2.75) is 32.4 Å². The fourth-order valence-corrected chi connectivity index (χ4v) is 2.91. The minimum absolute atomic E-state index is 0.0177. The number of amides is 1. The summed E-state index contributed by atoms with van der Waals surface area (Å²) < 4.78 is 43.1. The molecular weight excluding hydrogens is 373 g/mol. The lowest BCUT2D eigenvalue weighted by Crippen LogP contribution is -2.41. The van der Waals surface area contributed by atoms with Gasteiger partial charge in [-0.2, -0.15) is 0 Å². The Bertz CT molecular complexity index is 780. The number of carbonyl (C=O) groups excluding carboxylic acids is 1. The quantitative estimate of drug-likeness (QED) is 0.726. The van der Waals surface area contributed by atoms with Crippen molar-refractivity contribution in [2.75, 3.05) is 0 Å². The highest BCUT2D eigenvalue weighted by Gasteiger charge is 2.26. The van der Waals surface area contributed by atoms with Crippen LogP contribution in [0.1, 0.15) is 26.8 Å². The molecule has 0 radical (unpaired) electrons. The monoisotopic (exact) mass is 388 g/mol. The Labute approximate surface area is 150 Å². The predicted molar refractivity (Wildman–Crippen MR) is 87.1 cm³/mol. The number of hydrogen-bond acceptors (Lipinski definition) is 5. The SMILES string of the molecule is Cc1nc(COc2ccc(F)cc2)sc1C(=O)NC(CC(F)F)C(=O)O. The molecule has 1 aromatic carbocycles. The molecule has 0 saturated heterocycles. The van der Waals surface area contributed by atoms with E-state index in [0.717, 1.165) is 11.3 Å². The van der Waals surface area contributed by atoms with E-state index in [1.807, 2.05) is 0 Å². The van der Waals surface area contributed by atoms with Crippen molar-refractivity contribution >= 4 is 23.2 Å². The first-order chi connectivity index (χ1) is 12.3. The lowest BCUT2D eigenvalue weighted by Gasteiger charge is -2.13. The molecule has 0 bridgehead atoms. The van der Waals surface area contributed by atoms with Crippen molar-refractivity contribution in [3.8, 4) is 5.75 Å². The van der Waals surface area contributed by atoms with Gasteiger partial charge in [0.05, 0.1) is 5.69 Å². The van der Waals surface area contributed by atoms with Crippen LogP contribution in [0.4, 0.5) is 13.2 Å². The molecule has 0 spiro atoms. The lowest BCUT2D eigenvalue weighted by atomic mass is 10.2. The Morgan fingerprint density at radius 1 is 1.31 bits per heavy atom. The van der Waals surface area contributed by atoms with Gasteiger partial charge in [0.25, 0.3) is 5.91 Å². The molecule has 1 unspecified atom stereocenters. The van der Waals surface area contributed by atoms with E-state index in [1.165, 1.54) is 31.2 Å². The van der Waals surface area contributed by atoms with Crippen LogP contribution in [-0.4, -0.2) is 34.4 Å². The van der Waals surface area contributed by atoms with Crippen LogP contribution in [0.5, 0.6) is 5.75 Å². The molecule has 2 aromatic rings. The van der Waals surface area contributed by atoms with Crippen LogP contribution in [0.25, 0.3) is 0 Å². The van der Waals surface area contributed by atoms with Crippen LogP contribution in [0.2, 0.25) is 0 Å². The number of rotatable bonds is 8. The van der Waals surface area contributed by atoms with Gasteiger partial charge in [-0.3, -0.25) is 4.79 Å². The first-order valence-electron chi connectivity index (χ1n) is 7.42. The van der Waals surface area contributed by atoms with Gasteiger partial charge in [-0.05, 0) is 31.2 Å². The second-order valence-electron chi connectivity index (χ2n) is 5.26. The molecule has 1 heterocycles. The maximum Gasteiger partial charge on any atom is 0.326 e. The fraction of sp³-hybridized carbons (Fsp3) is 0.312. The molecule has 1 atom stereocenters. The summed E-state index contributed by atoms with van der Waals surface area (Å²) in [6, 6.07) is 3.64. The Kier molecular flexibility index (Phi) is 6.56. The van der Waals surface area contributed by atoms with Crippen molar-refractivity contribution in [3.05, 3.63) is 45.7 Å². The van der Waals surface area contributed by atoms with Crippen molar-refractivity contribution < 1.29 is 32.6 Å². The van der Waals surface area contributed by atoms with E-state index in [0.29, 0.717) is 16.5 Å². The fourth-order valence-electron chi connectivity index (χ4n) is 2.02. The molecule has 10 heteroatoms. The average molecular weight is 388 g/mol. The summed E-state index contributed by atoms with van der Waals surface area (Å²) in [6.45, 7) is 1.56. The molecule has 6 nitrogen and oxygen atoms in total. The Balaban J connectivity index is 2.02. The number of carbonyl (C=O) groups is 2. The number of aryl methyl sites for hydroxylation is 1. The summed E-state index contributed by atoms with van der Waals surface area (Å²) in [7, 11) is 0. The number of carboxylic acid groups (broad SMARTS) is 1. The zero-order valence-corrected chi connectivity index (χ0v) is 14.4. The first kappa shape index (κ1) is 19.7. The number of alkyl halides is 2. The minimum Gasteiger partial charge on any atom is -0.486 e. The van der Waals surface area contributed by atoms with Crippen molar-refractivity contribution in [3.63, 3.8) is 0 Å². The van der Waals surface area contributed by atoms with Crippen LogP contribution in [0, 0.1) is 12.7 Å². The molecule has 0 aliphatic heterocycles. The van der Waals surface area contributed by atoms with Gasteiger partial charge in [0.2, 0.25) is 6.43 Å². The molecule has 1 aromatic heterocycles. The van der Waals surface area contributed by atoms with E-state index in [9.17, 15) is 22.8 Å². The standard InChI is InChI=1S/C16H15F3N2O4S/c1-8-14(15(22)21-11(16(23)24)6-12(18)19)26-13(20-8)7-25-10-4-2-9(17)3-5-10/h2-5,11-12H,6-7H2,1H3,(H,21,22)(H,23,24). The Hall–Kier alpha value is -2.62. The topological polar surface area (TPSA) is 88.5 Å². The van der Waals surface area contributed by atoms with E-state index in [2.05, 4.69) is 10.3 Å². The summed E-state index contributed by atoms with van der Waals surface area (Å²) >= 11 is 0.960. The largest absolute Gasteiger partial charge is 0.486 e. The first-order valence-corrected chi connectivity index (χ1v) is 8.24. The van der Waals surface area contributed by atoms with Gasteiger partial charge < -0.3 is 15.2 Å². The highest BCUT2D eigenvalue weighted by molar-refractivity contribution is 7.13. The minimum atomic E-state index is -2.86. The Morgan fingerprint density at radius 2 is 1.96 bits per heavy atom. The number of aliphatic carboxylic acids is 1. The van der Waals surface area contributed by atoms with Crippen LogP contribution in [0.3, 0.4) is 0 Å². The smallest absolute Gasteiger partial charge is 0.326 e. The van der Waals surface area contributed by atoms with E-state index in [1.54, 1.807) is 0 Å². The van der Waals surface area contributed by atoms with Crippen LogP contribution < -0.4 is 10.1 Å². The van der Waals surface area contributed by atoms with Crippen molar-refractivity contribution in [1.82, 2.24) is 10.3 Å². The number of hydrogen-bond donors (Lipinski definition) is 2. The van der Waals surface area contributed by atoms with Gasteiger partial charge in [0.1, 0.15) is 34.1 Å². The van der Waals surface area contributed by atoms with Gasteiger partial charge in [0.15, 0.2) is 0 Å². The van der Waals surface area contributed by atoms with Gasteiger partial charge in [-0.25, -0.2) is 22.9 Å². The molecule has 0 aliphatic carbocycles. The lowest BCUT2D eigenvalue weighted by molar-refractivity contribution is -0.140. The highest BCUT2D eigenvalue weighted by Crippen LogP contribution is 2.21. The van der Waals surface area contributed by atoms with Gasteiger partial charge in [-0.15, -0.1) is 11.3 Å². The Morgan fingerprint density at radius 3 is 2.54 bits per heavy atom. The number of nitrogens with zero attached hydrogens (tertiary/aromatic N) is 1. The maximum atomic E-state index is 12.8. The number of thiazole rings is 1. The summed E-state index contributed by atoms with van der Waals surface area (Å²) in [5.41, 5.74) is 0.325. The summed E-state index contributed by atoms with van der Waals surface area (Å²) in [4.78, 5) is 27.4. The van der Waals surface area contributed by atoms with Crippen LogP contribution >= 0.6 is 11.3 Å². The molecule has 1 amide bonds. The maximum absolute atomic E-state index is 12.8. The summed E-state index contributed by atoms with van der Waals surface area (Å²) in [5.74, 6) is -2.33. The zero-order valence-electron chi connectivity index (χ0n) is 13.5. The molecule has 140 valence electrons. The van der Waals surface area contributed by atoms with E-state index in [4.69, 9.17) is 9.84 Å². The van der Waals surface area contributed by atoms with Gasteiger partial charge in [-0.1, -0.05) is 0 Å². The van der Waals surface area contributed by atoms with Crippen molar-refractivity contribution in [1.29, 1.82) is 0 Å². The van der Waals surface area contributed by atoms with Crippen LogP contribution in [-0.2, 0) is 11.4 Å². The summed E-state index contributed by atoms with van der Waals surface area (Å²) in [6.07, 6.45) is -3.85. The van der Waals surface area contributed by atoms with Gasteiger partial charge >= 0.3 is 5.97 Å². The van der Waals surface area contributed by atoms with Crippen LogP contribution in [0.15, 0.2) is 24.3 Å². The molecule has 0 aliphatic rings. The summed E-state index contributed by atoms with van der Waals surface area (Å²) in [5, 5.41) is 11.4. The molecular formula is C16H15F3N2O4S. The number of ether oxygens (including phenoxy) is 1. The second-order valence-corrected chi connectivity index (χ2v) is 6.34. The third kappa shape index (κ3) is 5.45. The third-order valence-electron chi connectivity index (χ3n) is 3.24. The number of carboxylic acids is 1. The van der Waals surface area contributed by atoms with E-state index >= 15 is 0 Å². The molecule has 2 rings (SSSR count).